The van der Waals surface area contributed by atoms with Crippen LogP contribution in [-0.4, -0.2) is 28.4 Å². The van der Waals surface area contributed by atoms with Crippen molar-refractivity contribution in [1.29, 1.82) is 0 Å². The summed E-state index contributed by atoms with van der Waals surface area (Å²) in [4.78, 5) is 49.6. The Hall–Kier alpha value is -3.98. The minimum Gasteiger partial charge on any atom is -0.325 e. The van der Waals surface area contributed by atoms with E-state index in [0.717, 1.165) is 9.80 Å². The molecule has 0 atom stereocenters. The predicted octanol–water partition coefficient (Wildman–Crippen LogP) is 4.13. The van der Waals surface area contributed by atoms with Crippen LogP contribution in [0.25, 0.3) is 0 Å². The first-order valence-corrected chi connectivity index (χ1v) is 10.2. The van der Waals surface area contributed by atoms with Gasteiger partial charge < -0.3 is 5.32 Å². The number of nitro benzene ring substituents is 1. The van der Waals surface area contributed by atoms with Gasteiger partial charge in [0, 0.05) is 22.7 Å². The Morgan fingerprint density at radius 3 is 2.19 bits per heavy atom. The Morgan fingerprint density at radius 1 is 0.935 bits per heavy atom. The molecule has 3 amide bonds. The smallest absolute Gasteiger partial charge is 0.269 e. The molecule has 1 aliphatic rings. The van der Waals surface area contributed by atoms with E-state index in [1.54, 1.807) is 60.7 Å². The summed E-state index contributed by atoms with van der Waals surface area (Å²) in [5.74, 6) is -1.01. The molecule has 0 fully saturated rings. The zero-order chi connectivity index (χ0) is 22.0. The molecule has 0 unspecified atom stereocenters. The van der Waals surface area contributed by atoms with Crippen molar-refractivity contribution in [3.63, 3.8) is 0 Å². The van der Waals surface area contributed by atoms with E-state index in [9.17, 15) is 24.5 Å². The van der Waals surface area contributed by atoms with Crippen LogP contribution >= 0.6 is 11.8 Å². The van der Waals surface area contributed by atoms with Gasteiger partial charge >= 0.3 is 0 Å². The molecule has 0 radical (unpaired) electrons. The monoisotopic (exact) mass is 433 g/mol. The van der Waals surface area contributed by atoms with Gasteiger partial charge in [-0.3, -0.25) is 24.5 Å². The van der Waals surface area contributed by atoms with Crippen molar-refractivity contribution in [3.8, 4) is 0 Å². The van der Waals surface area contributed by atoms with Gasteiger partial charge in [-0.2, -0.15) is 0 Å². The van der Waals surface area contributed by atoms with Crippen LogP contribution in [0, 0.1) is 10.1 Å². The summed E-state index contributed by atoms with van der Waals surface area (Å²) in [5, 5.41) is 13.4. The number of nitrogens with one attached hydrogen (secondary N) is 1. The maximum absolute atomic E-state index is 12.6. The molecular weight excluding hydrogens is 418 g/mol. The maximum Gasteiger partial charge on any atom is 0.269 e. The number of hydrogen-bond donors (Lipinski definition) is 1. The SMILES string of the molecule is O=C(CSc1ccc([N+](=O)[O-])cc1)Nc1cccc(N2C(=O)c3ccccc3C2=O)c1. The summed E-state index contributed by atoms with van der Waals surface area (Å²) < 4.78 is 0. The Morgan fingerprint density at radius 2 is 1.58 bits per heavy atom. The van der Waals surface area contributed by atoms with E-state index in [0.29, 0.717) is 22.5 Å². The number of amides is 3. The number of hydrogen-bond acceptors (Lipinski definition) is 6. The average molecular weight is 433 g/mol. The Bertz CT molecular complexity index is 1170. The van der Waals surface area contributed by atoms with Gasteiger partial charge in [0.2, 0.25) is 5.91 Å². The van der Waals surface area contributed by atoms with Crippen molar-refractivity contribution in [1.82, 2.24) is 0 Å². The van der Waals surface area contributed by atoms with Gasteiger partial charge in [0.15, 0.2) is 0 Å². The van der Waals surface area contributed by atoms with E-state index in [2.05, 4.69) is 5.32 Å². The van der Waals surface area contributed by atoms with Crippen molar-refractivity contribution in [3.05, 3.63) is 94.0 Å². The predicted molar refractivity (Wildman–Crippen MR) is 116 cm³/mol. The molecule has 0 aromatic heterocycles. The van der Waals surface area contributed by atoms with Crippen LogP contribution in [0.3, 0.4) is 0 Å². The third-order valence-electron chi connectivity index (χ3n) is 4.60. The highest BCUT2D eigenvalue weighted by molar-refractivity contribution is 8.00. The van der Waals surface area contributed by atoms with Crippen molar-refractivity contribution >= 4 is 46.5 Å². The molecule has 1 aliphatic heterocycles. The quantitative estimate of drug-likeness (QED) is 0.271. The van der Waals surface area contributed by atoms with Gasteiger partial charge in [0.25, 0.3) is 17.5 Å². The fraction of sp³-hybridized carbons (Fsp3) is 0.0455. The third-order valence-corrected chi connectivity index (χ3v) is 5.61. The summed E-state index contributed by atoms with van der Waals surface area (Å²) >= 11 is 1.24. The lowest BCUT2D eigenvalue weighted by atomic mass is 10.1. The molecule has 9 heteroatoms. The van der Waals surface area contributed by atoms with Crippen molar-refractivity contribution in [2.45, 2.75) is 4.90 Å². The van der Waals surface area contributed by atoms with Crippen molar-refractivity contribution in [2.75, 3.05) is 16.0 Å². The van der Waals surface area contributed by atoms with E-state index in [-0.39, 0.29) is 17.3 Å². The number of anilines is 2. The van der Waals surface area contributed by atoms with Crippen molar-refractivity contribution in [2.24, 2.45) is 0 Å². The van der Waals surface area contributed by atoms with Gasteiger partial charge in [-0.05, 0) is 42.5 Å². The number of benzene rings is 3. The molecule has 3 aromatic carbocycles. The van der Waals surface area contributed by atoms with Gasteiger partial charge in [-0.15, -0.1) is 11.8 Å². The van der Waals surface area contributed by atoms with E-state index in [4.69, 9.17) is 0 Å². The highest BCUT2D eigenvalue weighted by atomic mass is 32.2. The lowest BCUT2D eigenvalue weighted by Crippen LogP contribution is -2.29. The van der Waals surface area contributed by atoms with E-state index >= 15 is 0 Å². The Kier molecular flexibility index (Phi) is 5.50. The largest absolute Gasteiger partial charge is 0.325 e. The highest BCUT2D eigenvalue weighted by Gasteiger charge is 2.36. The molecule has 0 saturated carbocycles. The number of carbonyl (C=O) groups excluding carboxylic acids is 3. The number of carbonyl (C=O) groups is 3. The van der Waals surface area contributed by atoms with E-state index in [1.165, 1.54) is 23.9 Å². The average Bonchev–Trinajstić information content (AvgIpc) is 3.03. The number of nitrogens with zero attached hydrogens (tertiary/aromatic N) is 2. The van der Waals surface area contributed by atoms with Crippen LogP contribution < -0.4 is 10.2 Å². The summed E-state index contributed by atoms with van der Waals surface area (Å²) in [6.07, 6.45) is 0. The number of nitro groups is 1. The van der Waals surface area contributed by atoms with Crippen LogP contribution in [0.5, 0.6) is 0 Å². The first-order chi connectivity index (χ1) is 14.9. The molecule has 31 heavy (non-hydrogen) atoms. The lowest BCUT2D eigenvalue weighted by Gasteiger charge is -2.15. The minimum atomic E-state index is -0.484. The van der Waals surface area contributed by atoms with Gasteiger partial charge in [0.05, 0.1) is 27.5 Å². The molecule has 1 heterocycles. The van der Waals surface area contributed by atoms with Crippen molar-refractivity contribution < 1.29 is 19.3 Å². The zero-order valence-corrected chi connectivity index (χ0v) is 16.8. The second kappa shape index (κ2) is 8.41. The molecule has 0 saturated heterocycles. The van der Waals surface area contributed by atoms with Crippen LogP contribution in [0.1, 0.15) is 20.7 Å². The number of imide groups is 1. The third kappa shape index (κ3) is 4.17. The first kappa shape index (κ1) is 20.3. The maximum atomic E-state index is 12.6. The van der Waals surface area contributed by atoms with Crippen LogP contribution in [0.4, 0.5) is 17.1 Å². The summed E-state index contributed by atoms with van der Waals surface area (Å²) in [6, 6.07) is 19.1. The second-order valence-electron chi connectivity index (χ2n) is 6.63. The fourth-order valence-corrected chi connectivity index (χ4v) is 3.85. The standard InChI is InChI=1S/C22H15N3O5S/c26-20(13-31-17-10-8-15(9-11-17)25(29)30)23-14-4-3-5-16(12-14)24-21(27)18-6-1-2-7-19(18)22(24)28/h1-12H,13H2,(H,23,26). The first-order valence-electron chi connectivity index (χ1n) is 9.19. The minimum absolute atomic E-state index is 0.0150. The van der Waals surface area contributed by atoms with Gasteiger partial charge in [-0.25, -0.2) is 4.90 Å². The van der Waals surface area contributed by atoms with Crippen LogP contribution in [0.15, 0.2) is 77.7 Å². The normalized spacial score (nSPS) is 12.6. The summed E-state index contributed by atoms with van der Waals surface area (Å²) in [6.45, 7) is 0. The molecule has 0 aliphatic carbocycles. The molecule has 3 aromatic rings. The molecule has 0 bridgehead atoms. The fourth-order valence-electron chi connectivity index (χ4n) is 3.16. The Balaban J connectivity index is 1.42. The number of non-ortho nitro benzene ring substituents is 1. The zero-order valence-electron chi connectivity index (χ0n) is 16.0. The molecular formula is C22H15N3O5S. The van der Waals surface area contributed by atoms with Gasteiger partial charge in [-0.1, -0.05) is 18.2 Å². The number of thioether (sulfide) groups is 1. The molecule has 154 valence electrons. The molecule has 1 N–H and O–H groups in total. The summed E-state index contributed by atoms with van der Waals surface area (Å²) in [5.41, 5.74) is 1.50. The van der Waals surface area contributed by atoms with E-state index < -0.39 is 16.7 Å². The van der Waals surface area contributed by atoms with Crippen LogP contribution in [0.2, 0.25) is 0 Å². The van der Waals surface area contributed by atoms with Gasteiger partial charge in [0.1, 0.15) is 0 Å². The Labute approximate surface area is 181 Å². The lowest BCUT2D eigenvalue weighted by molar-refractivity contribution is -0.384. The number of fused-ring (bicyclic) bond motifs is 1. The molecule has 0 spiro atoms. The highest BCUT2D eigenvalue weighted by Crippen LogP contribution is 2.30. The molecule has 8 nitrogen and oxygen atoms in total. The second-order valence-corrected chi connectivity index (χ2v) is 7.68. The topological polar surface area (TPSA) is 110 Å². The van der Waals surface area contributed by atoms with E-state index in [1.807, 2.05) is 0 Å². The number of rotatable bonds is 6. The van der Waals surface area contributed by atoms with Crippen LogP contribution in [-0.2, 0) is 4.79 Å². The molecule has 4 rings (SSSR count). The summed E-state index contributed by atoms with van der Waals surface area (Å²) in [7, 11) is 0.